The van der Waals surface area contributed by atoms with Crippen LogP contribution >= 0.6 is 0 Å². The van der Waals surface area contributed by atoms with Gasteiger partial charge in [-0.25, -0.2) is 8.78 Å². The summed E-state index contributed by atoms with van der Waals surface area (Å²) in [5, 5.41) is 16.6. The molecule has 21 heavy (non-hydrogen) atoms. The first-order chi connectivity index (χ1) is 9.28. The molecule has 0 radical (unpaired) electrons. The second-order valence-corrected chi connectivity index (χ2v) is 3.46. The molecule has 0 bridgehead atoms. The Bertz CT molecular complexity index is 552. The first kappa shape index (κ1) is 17.4. The Morgan fingerprint density at radius 3 is 1.48 bits per heavy atom. The highest BCUT2D eigenvalue weighted by atomic mass is 19.4. The molecule has 0 atom stereocenters. The zero-order valence-electron chi connectivity index (χ0n) is 9.28. The first-order valence-electron chi connectivity index (χ1n) is 4.66. The fourth-order valence-corrected chi connectivity index (χ4v) is 1.39. The summed E-state index contributed by atoms with van der Waals surface area (Å²) in [5.74, 6) is -11.4. The van der Waals surface area contributed by atoms with E-state index in [4.69, 9.17) is 10.0 Å². The largest absolute Gasteiger partial charge is 0.707 e. The maximum atomic E-state index is 13.2. The van der Waals surface area contributed by atoms with E-state index in [-0.39, 0.29) is 0 Å². The molecule has 0 saturated heterocycles. The van der Waals surface area contributed by atoms with Crippen molar-refractivity contribution in [3.8, 4) is 5.75 Å². The summed E-state index contributed by atoms with van der Waals surface area (Å²) in [6.45, 7) is 0. The standard InChI is InChI=1S/C8H2BF9O3/c10-3-1(7(13,14)15)2(8(16,17)18)6(21-9(19)20)5(12)4(3)11/h19-20H. The van der Waals surface area contributed by atoms with E-state index < -0.39 is 54.0 Å². The van der Waals surface area contributed by atoms with E-state index in [1.165, 1.54) is 0 Å². The van der Waals surface area contributed by atoms with Gasteiger partial charge in [-0.2, -0.15) is 30.7 Å². The van der Waals surface area contributed by atoms with Crippen molar-refractivity contribution in [1.82, 2.24) is 0 Å². The van der Waals surface area contributed by atoms with Gasteiger partial charge in [0.05, 0.1) is 0 Å². The number of hydrogen-bond acceptors (Lipinski definition) is 3. The SMILES string of the molecule is OB(O)Oc1c(F)c(F)c(F)c(C(F)(F)F)c1C(F)(F)F. The van der Waals surface area contributed by atoms with E-state index in [1.54, 1.807) is 0 Å². The zero-order chi connectivity index (χ0) is 16.7. The van der Waals surface area contributed by atoms with E-state index in [2.05, 4.69) is 4.65 Å². The summed E-state index contributed by atoms with van der Waals surface area (Å²) >= 11 is 0. The molecule has 1 rings (SSSR count). The van der Waals surface area contributed by atoms with E-state index in [1.807, 2.05) is 0 Å². The van der Waals surface area contributed by atoms with E-state index in [9.17, 15) is 39.5 Å². The van der Waals surface area contributed by atoms with Gasteiger partial charge in [-0.05, 0) is 0 Å². The second-order valence-electron chi connectivity index (χ2n) is 3.46. The first-order valence-corrected chi connectivity index (χ1v) is 4.66. The fraction of sp³-hybridized carbons (Fsp3) is 0.250. The molecule has 0 spiro atoms. The van der Waals surface area contributed by atoms with Crippen LogP contribution in [0.5, 0.6) is 5.75 Å². The maximum absolute atomic E-state index is 13.2. The van der Waals surface area contributed by atoms with Crippen molar-refractivity contribution >= 4 is 7.32 Å². The van der Waals surface area contributed by atoms with Crippen LogP contribution < -0.4 is 4.65 Å². The molecule has 0 aliphatic carbocycles. The summed E-state index contributed by atoms with van der Waals surface area (Å²) < 4.78 is 118. The third-order valence-electron chi connectivity index (χ3n) is 2.07. The Hall–Kier alpha value is -1.63. The van der Waals surface area contributed by atoms with Gasteiger partial charge in [0, 0.05) is 0 Å². The van der Waals surface area contributed by atoms with Crippen molar-refractivity contribution in [3.05, 3.63) is 28.6 Å². The Balaban J connectivity index is 3.91. The maximum Gasteiger partial charge on any atom is 0.707 e. The highest BCUT2D eigenvalue weighted by Gasteiger charge is 2.51. The van der Waals surface area contributed by atoms with Gasteiger partial charge in [-0.3, -0.25) is 0 Å². The van der Waals surface area contributed by atoms with Gasteiger partial charge in [0.1, 0.15) is 11.1 Å². The molecule has 0 amide bonds. The minimum Gasteiger partial charge on any atom is -0.509 e. The van der Waals surface area contributed by atoms with Gasteiger partial charge in [0.2, 0.25) is 5.82 Å². The lowest BCUT2D eigenvalue weighted by Gasteiger charge is -2.21. The molecule has 0 fully saturated rings. The highest BCUT2D eigenvalue weighted by Crippen LogP contribution is 2.48. The van der Waals surface area contributed by atoms with E-state index in [0.717, 1.165) is 0 Å². The Morgan fingerprint density at radius 1 is 0.714 bits per heavy atom. The average Bonchev–Trinajstić information content (AvgIpc) is 2.25. The predicted molar refractivity (Wildman–Crippen MR) is 47.1 cm³/mol. The Labute approximate surface area is 109 Å². The topological polar surface area (TPSA) is 49.7 Å². The third-order valence-corrected chi connectivity index (χ3v) is 2.07. The molecule has 3 nitrogen and oxygen atoms in total. The molecule has 0 aromatic heterocycles. The van der Waals surface area contributed by atoms with Crippen LogP contribution in [0.25, 0.3) is 0 Å². The zero-order valence-corrected chi connectivity index (χ0v) is 9.28. The summed E-state index contributed by atoms with van der Waals surface area (Å²) in [6.07, 6.45) is -12.1. The van der Waals surface area contributed by atoms with Crippen molar-refractivity contribution in [3.63, 3.8) is 0 Å². The summed E-state index contributed by atoms with van der Waals surface area (Å²) in [6, 6.07) is 0. The quantitative estimate of drug-likeness (QED) is 0.498. The molecule has 1 aromatic carbocycles. The van der Waals surface area contributed by atoms with Gasteiger partial charge < -0.3 is 14.7 Å². The number of benzene rings is 1. The highest BCUT2D eigenvalue weighted by molar-refractivity contribution is 6.33. The van der Waals surface area contributed by atoms with Crippen molar-refractivity contribution in [2.75, 3.05) is 0 Å². The summed E-state index contributed by atoms with van der Waals surface area (Å²) in [5.41, 5.74) is -6.23. The molecule has 0 unspecified atom stereocenters. The van der Waals surface area contributed by atoms with Crippen LogP contribution in [0.1, 0.15) is 11.1 Å². The van der Waals surface area contributed by atoms with Gasteiger partial charge in [-0.1, -0.05) is 0 Å². The lowest BCUT2D eigenvalue weighted by molar-refractivity contribution is -0.165. The molecule has 0 heterocycles. The van der Waals surface area contributed by atoms with E-state index in [0.29, 0.717) is 0 Å². The van der Waals surface area contributed by atoms with Crippen LogP contribution in [0.2, 0.25) is 0 Å². The Kier molecular flexibility index (Phi) is 4.39. The fourth-order valence-electron chi connectivity index (χ4n) is 1.39. The van der Waals surface area contributed by atoms with Crippen LogP contribution in [0.3, 0.4) is 0 Å². The lowest BCUT2D eigenvalue weighted by atomic mass is 10.0. The molecule has 0 aliphatic rings. The number of rotatable bonds is 2. The molecule has 1 aromatic rings. The van der Waals surface area contributed by atoms with Gasteiger partial charge in [0.25, 0.3) is 0 Å². The average molecular weight is 328 g/mol. The predicted octanol–water partition coefficient (Wildman–Crippen LogP) is 2.49. The normalized spacial score (nSPS) is 12.5. The van der Waals surface area contributed by atoms with E-state index >= 15 is 0 Å². The molecular formula is C8H2BF9O3. The van der Waals surface area contributed by atoms with Crippen molar-refractivity contribution in [2.45, 2.75) is 12.4 Å². The summed E-state index contributed by atoms with van der Waals surface area (Å²) in [4.78, 5) is 0. The lowest BCUT2D eigenvalue weighted by Crippen LogP contribution is -2.27. The third kappa shape index (κ3) is 3.35. The monoisotopic (exact) mass is 328 g/mol. The van der Waals surface area contributed by atoms with Gasteiger partial charge in [-0.15, -0.1) is 0 Å². The minimum atomic E-state index is -6.05. The minimum absolute atomic E-state index is 2.52. The van der Waals surface area contributed by atoms with Crippen molar-refractivity contribution in [2.24, 2.45) is 0 Å². The van der Waals surface area contributed by atoms with Crippen molar-refractivity contribution in [1.29, 1.82) is 0 Å². The summed E-state index contributed by atoms with van der Waals surface area (Å²) in [7, 11) is -3.20. The van der Waals surface area contributed by atoms with Gasteiger partial charge in [0.15, 0.2) is 17.4 Å². The molecule has 2 N–H and O–H groups in total. The van der Waals surface area contributed by atoms with Gasteiger partial charge >= 0.3 is 19.7 Å². The van der Waals surface area contributed by atoms with Crippen LogP contribution in [-0.2, 0) is 12.4 Å². The van der Waals surface area contributed by atoms with Crippen LogP contribution in [-0.4, -0.2) is 17.4 Å². The second kappa shape index (κ2) is 5.29. The molecule has 118 valence electrons. The van der Waals surface area contributed by atoms with Crippen LogP contribution in [0, 0.1) is 17.5 Å². The molecule has 0 aliphatic heterocycles. The number of halogens is 9. The molecule has 13 heteroatoms. The van der Waals surface area contributed by atoms with Crippen molar-refractivity contribution < 1.29 is 54.2 Å². The molecular weight excluding hydrogens is 326 g/mol. The Morgan fingerprint density at radius 2 is 1.14 bits per heavy atom. The van der Waals surface area contributed by atoms with Crippen LogP contribution in [0.15, 0.2) is 0 Å². The smallest absolute Gasteiger partial charge is 0.509 e. The number of alkyl halides is 6. The number of hydrogen-bond donors (Lipinski definition) is 2. The van der Waals surface area contributed by atoms with Crippen LogP contribution in [0.4, 0.5) is 39.5 Å². The molecule has 0 saturated carbocycles.